The van der Waals surface area contributed by atoms with Crippen LogP contribution in [0.3, 0.4) is 0 Å². The first kappa shape index (κ1) is 20.2. The Bertz CT molecular complexity index is 781. The fraction of sp³-hybridized carbons (Fsp3) is 0.636. The Hall–Kier alpha value is -2.12. The van der Waals surface area contributed by atoms with E-state index in [1.807, 2.05) is 43.3 Å². The van der Waals surface area contributed by atoms with Gasteiger partial charge in [0.05, 0.1) is 5.92 Å². The number of amides is 1. The highest BCUT2D eigenvalue weighted by atomic mass is 16.4. The second-order valence-corrected chi connectivity index (χ2v) is 8.38. The van der Waals surface area contributed by atoms with E-state index in [1.54, 1.807) is 0 Å². The normalized spacial score (nSPS) is 21.6. The van der Waals surface area contributed by atoms with Crippen molar-refractivity contribution in [3.63, 3.8) is 0 Å². The number of para-hydroxylation sites is 2. The van der Waals surface area contributed by atoms with Gasteiger partial charge in [-0.15, -0.1) is 0 Å². The number of piperidine rings is 2. The highest BCUT2D eigenvalue weighted by molar-refractivity contribution is 5.79. The van der Waals surface area contributed by atoms with Crippen LogP contribution in [0.1, 0.15) is 25.7 Å². The number of hydrogen-bond acceptors (Lipinski definition) is 6. The van der Waals surface area contributed by atoms with Gasteiger partial charge in [-0.05, 0) is 51.4 Å². The number of aromatic nitrogens is 1. The Labute approximate surface area is 173 Å². The molecule has 2 fully saturated rings. The van der Waals surface area contributed by atoms with Gasteiger partial charge in [-0.25, -0.2) is 0 Å². The summed E-state index contributed by atoms with van der Waals surface area (Å²) in [7, 11) is 3.85. The van der Waals surface area contributed by atoms with E-state index in [1.165, 1.54) is 0 Å². The molecule has 1 atom stereocenters. The molecule has 1 aromatic heterocycles. The third kappa shape index (κ3) is 4.56. The van der Waals surface area contributed by atoms with Crippen LogP contribution in [-0.4, -0.2) is 80.1 Å². The van der Waals surface area contributed by atoms with Crippen LogP contribution in [0, 0.1) is 5.92 Å². The Kier molecular flexibility index (Phi) is 6.35. The molecule has 0 aliphatic carbocycles. The van der Waals surface area contributed by atoms with Crippen molar-refractivity contribution in [2.45, 2.75) is 31.7 Å². The number of fused-ring (bicyclic) bond motifs is 1. The number of nitrogens with one attached hydrogen (secondary N) is 1. The lowest BCUT2D eigenvalue weighted by Gasteiger charge is -2.42. The van der Waals surface area contributed by atoms with Gasteiger partial charge in [0.2, 0.25) is 5.91 Å². The summed E-state index contributed by atoms with van der Waals surface area (Å²) in [5, 5.41) is 3.12. The fourth-order valence-electron chi connectivity index (χ4n) is 4.66. The molecule has 3 heterocycles. The maximum atomic E-state index is 12.8. The van der Waals surface area contributed by atoms with Gasteiger partial charge in [-0.2, -0.15) is 4.98 Å². The smallest absolute Gasteiger partial charge is 0.298 e. The molecule has 1 amide bonds. The summed E-state index contributed by atoms with van der Waals surface area (Å²) in [6.45, 7) is 5.53. The number of likely N-dealkylation sites (N-methyl/N-ethyl adjacent to an activating group) is 2. The summed E-state index contributed by atoms with van der Waals surface area (Å²) in [6.07, 6.45) is 4.31. The van der Waals surface area contributed by atoms with Crippen molar-refractivity contribution in [2.75, 3.05) is 58.3 Å². The number of carbonyl (C=O) groups is 1. The lowest BCUT2D eigenvalue weighted by molar-refractivity contribution is -0.136. The number of rotatable bonds is 6. The zero-order valence-electron chi connectivity index (χ0n) is 17.6. The molecule has 7 nitrogen and oxygen atoms in total. The topological polar surface area (TPSA) is 64.9 Å². The van der Waals surface area contributed by atoms with Crippen molar-refractivity contribution in [1.29, 1.82) is 0 Å². The number of hydrogen-bond donors (Lipinski definition) is 1. The summed E-state index contributed by atoms with van der Waals surface area (Å²) < 4.78 is 5.94. The molecule has 4 rings (SSSR count). The molecule has 2 aromatic rings. The van der Waals surface area contributed by atoms with E-state index in [-0.39, 0.29) is 5.92 Å². The van der Waals surface area contributed by atoms with Gasteiger partial charge in [0.15, 0.2) is 5.58 Å². The average molecular weight is 400 g/mol. The summed E-state index contributed by atoms with van der Waals surface area (Å²) in [5.41, 5.74) is 1.77. The third-order valence-electron chi connectivity index (χ3n) is 6.41. The van der Waals surface area contributed by atoms with Gasteiger partial charge >= 0.3 is 0 Å². The molecule has 0 radical (unpaired) electrons. The van der Waals surface area contributed by atoms with Crippen LogP contribution in [0.2, 0.25) is 0 Å². The molecule has 7 heteroatoms. The molecule has 2 saturated heterocycles. The molecule has 0 saturated carbocycles. The van der Waals surface area contributed by atoms with E-state index in [0.717, 1.165) is 82.1 Å². The predicted octanol–water partition coefficient (Wildman–Crippen LogP) is 2.19. The molecule has 1 aromatic carbocycles. The van der Waals surface area contributed by atoms with Crippen LogP contribution in [0.5, 0.6) is 0 Å². The van der Waals surface area contributed by atoms with Crippen molar-refractivity contribution in [3.8, 4) is 0 Å². The van der Waals surface area contributed by atoms with Gasteiger partial charge in [0, 0.05) is 45.8 Å². The lowest BCUT2D eigenvalue weighted by Crippen LogP contribution is -2.51. The first-order valence-electron chi connectivity index (χ1n) is 10.9. The maximum absolute atomic E-state index is 12.8. The van der Waals surface area contributed by atoms with E-state index >= 15 is 0 Å². The molecule has 158 valence electrons. The molecular formula is C22H33N5O2. The van der Waals surface area contributed by atoms with Gasteiger partial charge in [0.25, 0.3) is 6.01 Å². The van der Waals surface area contributed by atoms with Crippen LogP contribution < -0.4 is 10.2 Å². The molecular weight excluding hydrogens is 366 g/mol. The van der Waals surface area contributed by atoms with Gasteiger partial charge in [-0.3, -0.25) is 9.69 Å². The van der Waals surface area contributed by atoms with Gasteiger partial charge < -0.3 is 19.5 Å². The molecule has 0 bridgehead atoms. The minimum absolute atomic E-state index is 0.140. The zero-order valence-corrected chi connectivity index (χ0v) is 17.6. The number of anilines is 1. The monoisotopic (exact) mass is 399 g/mol. The van der Waals surface area contributed by atoms with Crippen LogP contribution in [-0.2, 0) is 4.79 Å². The second kappa shape index (κ2) is 9.13. The van der Waals surface area contributed by atoms with Crippen molar-refractivity contribution < 1.29 is 9.21 Å². The third-order valence-corrected chi connectivity index (χ3v) is 6.41. The van der Waals surface area contributed by atoms with Crippen LogP contribution in [0.25, 0.3) is 11.1 Å². The van der Waals surface area contributed by atoms with Crippen molar-refractivity contribution in [1.82, 2.24) is 20.1 Å². The minimum atomic E-state index is 0.140. The van der Waals surface area contributed by atoms with E-state index in [0.29, 0.717) is 11.9 Å². The van der Waals surface area contributed by atoms with E-state index < -0.39 is 0 Å². The van der Waals surface area contributed by atoms with Crippen LogP contribution in [0.15, 0.2) is 28.7 Å². The van der Waals surface area contributed by atoms with E-state index in [9.17, 15) is 4.79 Å². The lowest BCUT2D eigenvalue weighted by atomic mass is 9.93. The van der Waals surface area contributed by atoms with Crippen LogP contribution >= 0.6 is 0 Å². The first-order chi connectivity index (χ1) is 14.2. The predicted molar refractivity (Wildman–Crippen MR) is 115 cm³/mol. The standard InChI is InChI=1S/C22H33N5O2/c1-23-11-15-25(2)21(28)17-6-5-12-27(16-17)18-9-13-26(14-10-18)22-24-19-7-3-4-8-20(19)29-22/h3-4,7-8,17-18,23H,5-6,9-16H2,1-2H3. The molecule has 2 aliphatic heterocycles. The van der Waals surface area contributed by atoms with Crippen molar-refractivity contribution >= 4 is 23.0 Å². The summed E-state index contributed by atoms with van der Waals surface area (Å²) in [4.78, 5) is 24.1. The number of carbonyl (C=O) groups excluding carboxylic acids is 1. The highest BCUT2D eigenvalue weighted by Gasteiger charge is 2.33. The number of oxazole rings is 1. The van der Waals surface area contributed by atoms with E-state index in [2.05, 4.69) is 20.1 Å². The SMILES string of the molecule is CNCCN(C)C(=O)C1CCCN(C2CCN(c3nc4ccccc4o3)CC2)C1. The first-order valence-corrected chi connectivity index (χ1v) is 10.9. The second-order valence-electron chi connectivity index (χ2n) is 8.38. The summed E-state index contributed by atoms with van der Waals surface area (Å²) in [6, 6.07) is 9.22. The Morgan fingerprint density at radius 1 is 1.24 bits per heavy atom. The number of benzene rings is 1. The van der Waals surface area contributed by atoms with Gasteiger partial charge in [-0.1, -0.05) is 12.1 Å². The van der Waals surface area contributed by atoms with Gasteiger partial charge in [0.1, 0.15) is 5.52 Å². The molecule has 2 aliphatic rings. The summed E-state index contributed by atoms with van der Waals surface area (Å²) in [5.74, 6) is 0.439. The molecule has 0 spiro atoms. The fourth-order valence-corrected chi connectivity index (χ4v) is 4.66. The molecule has 1 N–H and O–H groups in total. The average Bonchev–Trinajstić information content (AvgIpc) is 3.21. The Balaban J connectivity index is 1.31. The maximum Gasteiger partial charge on any atom is 0.298 e. The van der Waals surface area contributed by atoms with Crippen molar-refractivity contribution in [3.05, 3.63) is 24.3 Å². The van der Waals surface area contributed by atoms with Crippen molar-refractivity contribution in [2.24, 2.45) is 5.92 Å². The van der Waals surface area contributed by atoms with Crippen LogP contribution in [0.4, 0.5) is 6.01 Å². The zero-order chi connectivity index (χ0) is 20.2. The quantitative estimate of drug-likeness (QED) is 0.803. The Morgan fingerprint density at radius 3 is 2.79 bits per heavy atom. The molecule has 1 unspecified atom stereocenters. The minimum Gasteiger partial charge on any atom is -0.423 e. The Morgan fingerprint density at radius 2 is 2.03 bits per heavy atom. The molecule has 29 heavy (non-hydrogen) atoms. The highest BCUT2D eigenvalue weighted by Crippen LogP contribution is 2.28. The largest absolute Gasteiger partial charge is 0.423 e. The van der Waals surface area contributed by atoms with E-state index in [4.69, 9.17) is 4.42 Å². The summed E-state index contributed by atoms with van der Waals surface area (Å²) >= 11 is 0. The number of likely N-dealkylation sites (tertiary alicyclic amines) is 1. The number of nitrogens with zero attached hydrogens (tertiary/aromatic N) is 4.